The summed E-state index contributed by atoms with van der Waals surface area (Å²) in [5.74, 6) is -0.0470. The summed E-state index contributed by atoms with van der Waals surface area (Å²) in [6.07, 6.45) is 1.56. The van der Waals surface area contributed by atoms with Crippen LogP contribution in [0.4, 0.5) is 5.69 Å². The third-order valence-corrected chi connectivity index (χ3v) is 3.11. The Hall–Kier alpha value is -2.14. The number of aryl methyl sites for hydroxylation is 1. The third kappa shape index (κ3) is 2.66. The molecule has 0 saturated carbocycles. The summed E-state index contributed by atoms with van der Waals surface area (Å²) < 4.78 is 0. The van der Waals surface area contributed by atoms with Crippen LogP contribution in [0.2, 0.25) is 0 Å². The number of nitrogens with zero attached hydrogens (tertiary/aromatic N) is 2. The number of anilines is 1. The van der Waals surface area contributed by atoms with Crippen molar-refractivity contribution in [2.24, 2.45) is 5.73 Å². The maximum Gasteiger partial charge on any atom is 0.261 e. The molecule has 0 spiro atoms. The maximum atomic E-state index is 12.5. The Morgan fingerprint density at radius 1 is 1.37 bits per heavy atom. The van der Waals surface area contributed by atoms with E-state index in [0.29, 0.717) is 18.7 Å². The average molecular weight is 258 g/mol. The van der Waals surface area contributed by atoms with Crippen molar-refractivity contribution in [1.29, 1.82) is 0 Å². The second-order valence-electron chi connectivity index (χ2n) is 4.33. The number of hydrogen-bond donors (Lipinski definition) is 2. The van der Waals surface area contributed by atoms with Crippen LogP contribution in [-0.2, 0) is 6.54 Å². The number of benzene rings is 1. The summed E-state index contributed by atoms with van der Waals surface area (Å²) in [5.41, 5.74) is 8.87. The van der Waals surface area contributed by atoms with Gasteiger partial charge in [-0.15, -0.1) is 0 Å². The van der Waals surface area contributed by atoms with Crippen LogP contribution in [0.5, 0.6) is 0 Å². The molecule has 0 bridgehead atoms. The lowest BCUT2D eigenvalue weighted by molar-refractivity contribution is 0.0988. The van der Waals surface area contributed by atoms with E-state index in [1.807, 2.05) is 38.1 Å². The smallest absolute Gasteiger partial charge is 0.261 e. The fraction of sp³-hybridized carbons (Fsp3) is 0.286. The summed E-state index contributed by atoms with van der Waals surface area (Å²) in [6, 6.07) is 7.71. The van der Waals surface area contributed by atoms with Crippen LogP contribution in [0.1, 0.15) is 28.5 Å². The van der Waals surface area contributed by atoms with Crippen LogP contribution < -0.4 is 10.6 Å². The Kier molecular flexibility index (Phi) is 3.97. The highest BCUT2D eigenvalue weighted by atomic mass is 16.2. The first-order valence-electron chi connectivity index (χ1n) is 6.28. The zero-order valence-electron chi connectivity index (χ0n) is 11.2. The predicted octanol–water partition coefficient (Wildman–Crippen LogP) is 1.84. The molecule has 2 aromatic rings. The molecule has 5 nitrogen and oxygen atoms in total. The number of amides is 1. The quantitative estimate of drug-likeness (QED) is 0.878. The molecule has 2 rings (SSSR count). The summed E-state index contributed by atoms with van der Waals surface area (Å²) in [5, 5.41) is 6.68. The van der Waals surface area contributed by atoms with E-state index in [1.54, 1.807) is 11.1 Å². The van der Waals surface area contributed by atoms with E-state index in [-0.39, 0.29) is 5.91 Å². The average Bonchev–Trinajstić information content (AvgIpc) is 2.86. The summed E-state index contributed by atoms with van der Waals surface area (Å²) in [7, 11) is 0. The second-order valence-corrected chi connectivity index (χ2v) is 4.33. The van der Waals surface area contributed by atoms with Crippen LogP contribution in [0.15, 0.2) is 30.5 Å². The van der Waals surface area contributed by atoms with Gasteiger partial charge in [-0.25, -0.2) is 0 Å². The van der Waals surface area contributed by atoms with Gasteiger partial charge >= 0.3 is 0 Å². The minimum Gasteiger partial charge on any atom is -0.326 e. The monoisotopic (exact) mass is 258 g/mol. The topological polar surface area (TPSA) is 75.0 Å². The number of nitrogens with one attached hydrogen (secondary N) is 1. The van der Waals surface area contributed by atoms with Gasteiger partial charge in [-0.2, -0.15) is 5.10 Å². The molecule has 19 heavy (non-hydrogen) atoms. The number of hydrogen-bond acceptors (Lipinski definition) is 3. The van der Waals surface area contributed by atoms with Crippen molar-refractivity contribution in [1.82, 2.24) is 10.2 Å². The molecule has 1 aromatic heterocycles. The number of carbonyl (C=O) groups excluding carboxylic acids is 1. The van der Waals surface area contributed by atoms with Gasteiger partial charge in [0.25, 0.3) is 5.91 Å². The Morgan fingerprint density at radius 2 is 2.05 bits per heavy atom. The molecule has 5 heteroatoms. The molecule has 0 radical (unpaired) electrons. The highest BCUT2D eigenvalue weighted by Crippen LogP contribution is 2.18. The van der Waals surface area contributed by atoms with Gasteiger partial charge in [0.15, 0.2) is 0 Å². The van der Waals surface area contributed by atoms with Crippen LogP contribution in [0.25, 0.3) is 0 Å². The minimum absolute atomic E-state index is 0.0470. The van der Waals surface area contributed by atoms with Crippen LogP contribution >= 0.6 is 0 Å². The lowest BCUT2D eigenvalue weighted by Gasteiger charge is -2.21. The lowest BCUT2D eigenvalue weighted by atomic mass is 10.1. The van der Waals surface area contributed by atoms with E-state index in [1.165, 1.54) is 0 Å². The minimum atomic E-state index is -0.0470. The molecule has 0 aliphatic carbocycles. The number of nitrogens with two attached hydrogens (primary N) is 1. The molecule has 1 aromatic carbocycles. The zero-order valence-corrected chi connectivity index (χ0v) is 11.2. The molecule has 1 heterocycles. The van der Waals surface area contributed by atoms with E-state index in [4.69, 9.17) is 5.73 Å². The van der Waals surface area contributed by atoms with E-state index in [9.17, 15) is 4.79 Å². The van der Waals surface area contributed by atoms with Gasteiger partial charge in [0, 0.05) is 24.5 Å². The second kappa shape index (κ2) is 5.67. The molecule has 1 amide bonds. The van der Waals surface area contributed by atoms with E-state index in [2.05, 4.69) is 10.2 Å². The zero-order chi connectivity index (χ0) is 13.8. The molecule has 100 valence electrons. The maximum absolute atomic E-state index is 12.5. The summed E-state index contributed by atoms with van der Waals surface area (Å²) in [4.78, 5) is 14.2. The highest BCUT2D eigenvalue weighted by molar-refractivity contribution is 6.06. The first kappa shape index (κ1) is 13.3. The number of carbonyl (C=O) groups is 1. The van der Waals surface area contributed by atoms with Crippen molar-refractivity contribution in [2.45, 2.75) is 20.4 Å². The normalized spacial score (nSPS) is 10.5. The lowest BCUT2D eigenvalue weighted by Crippen LogP contribution is -2.30. The van der Waals surface area contributed by atoms with Gasteiger partial charge in [0.1, 0.15) is 0 Å². The fourth-order valence-corrected chi connectivity index (χ4v) is 1.97. The SMILES string of the molecule is CCN(C(=O)c1cn[nH]c1C)c1ccc(CN)cc1. The number of rotatable bonds is 4. The number of aromatic amines is 1. The largest absolute Gasteiger partial charge is 0.326 e. The molecular formula is C14H18N4O. The van der Waals surface area contributed by atoms with Crippen molar-refractivity contribution >= 4 is 11.6 Å². The van der Waals surface area contributed by atoms with Crippen molar-refractivity contribution in [2.75, 3.05) is 11.4 Å². The first-order chi connectivity index (χ1) is 9.17. The number of aromatic nitrogens is 2. The first-order valence-corrected chi connectivity index (χ1v) is 6.28. The van der Waals surface area contributed by atoms with Crippen LogP contribution in [-0.4, -0.2) is 22.6 Å². The van der Waals surface area contributed by atoms with Gasteiger partial charge < -0.3 is 10.6 Å². The van der Waals surface area contributed by atoms with Gasteiger partial charge in [-0.1, -0.05) is 12.1 Å². The Labute approximate surface area is 112 Å². The molecule has 0 aliphatic heterocycles. The Balaban J connectivity index is 2.29. The van der Waals surface area contributed by atoms with Crippen molar-refractivity contribution in [3.63, 3.8) is 0 Å². The van der Waals surface area contributed by atoms with Gasteiger partial charge in [-0.3, -0.25) is 9.89 Å². The standard InChI is InChI=1S/C14H18N4O/c1-3-18(12-6-4-11(8-15)5-7-12)14(19)13-9-16-17-10(13)2/h4-7,9H,3,8,15H2,1-2H3,(H,16,17). The number of H-pyrrole nitrogens is 1. The summed E-state index contributed by atoms with van der Waals surface area (Å²) in [6.45, 7) is 4.89. The van der Waals surface area contributed by atoms with Gasteiger partial charge in [-0.05, 0) is 31.5 Å². The molecule has 0 saturated heterocycles. The van der Waals surface area contributed by atoms with E-state index < -0.39 is 0 Å². The molecule has 0 unspecified atom stereocenters. The highest BCUT2D eigenvalue weighted by Gasteiger charge is 2.19. The van der Waals surface area contributed by atoms with Crippen LogP contribution in [0, 0.1) is 6.92 Å². The molecule has 0 atom stereocenters. The van der Waals surface area contributed by atoms with E-state index in [0.717, 1.165) is 16.9 Å². The fourth-order valence-electron chi connectivity index (χ4n) is 1.97. The van der Waals surface area contributed by atoms with Crippen LogP contribution in [0.3, 0.4) is 0 Å². The van der Waals surface area contributed by atoms with Gasteiger partial charge in [0.2, 0.25) is 0 Å². The van der Waals surface area contributed by atoms with Crippen molar-refractivity contribution in [3.05, 3.63) is 47.3 Å². The Morgan fingerprint density at radius 3 is 2.53 bits per heavy atom. The van der Waals surface area contributed by atoms with Crippen molar-refractivity contribution in [3.8, 4) is 0 Å². The molecule has 3 N–H and O–H groups in total. The summed E-state index contributed by atoms with van der Waals surface area (Å²) >= 11 is 0. The van der Waals surface area contributed by atoms with E-state index >= 15 is 0 Å². The molecule has 0 fully saturated rings. The van der Waals surface area contributed by atoms with Crippen molar-refractivity contribution < 1.29 is 4.79 Å². The van der Waals surface area contributed by atoms with Gasteiger partial charge in [0.05, 0.1) is 11.8 Å². The molecule has 0 aliphatic rings. The predicted molar refractivity (Wildman–Crippen MR) is 75.0 cm³/mol. The Bertz CT molecular complexity index is 559. The third-order valence-electron chi connectivity index (χ3n) is 3.11. The molecular weight excluding hydrogens is 240 g/mol.